The van der Waals surface area contributed by atoms with Crippen LogP contribution in [0, 0.1) is 0 Å². The number of anilines is 1. The van der Waals surface area contributed by atoms with Gasteiger partial charge in [-0.25, -0.2) is 4.79 Å². The normalized spacial score (nSPS) is 10.6. The highest BCUT2D eigenvalue weighted by molar-refractivity contribution is 6.04. The predicted octanol–water partition coefficient (Wildman–Crippen LogP) is 1.42. The van der Waals surface area contributed by atoms with Crippen molar-refractivity contribution in [2.45, 2.75) is 0 Å². The Bertz CT molecular complexity index is 515. The molecule has 0 unspecified atom stereocenters. The molecule has 1 aromatic heterocycles. The molecule has 4 N–H and O–H groups in total. The lowest BCUT2D eigenvalue weighted by atomic mass is 10.2. The average Bonchev–Trinajstić information content (AvgIpc) is 2.45. The van der Waals surface area contributed by atoms with Gasteiger partial charge in [-0.1, -0.05) is 6.07 Å². The van der Waals surface area contributed by atoms with E-state index in [2.05, 4.69) is 0 Å². The lowest BCUT2D eigenvalue weighted by molar-refractivity contribution is 0.0666. The highest BCUT2D eigenvalue weighted by atomic mass is 16.4. The maximum absolute atomic E-state index is 10.6. The van der Waals surface area contributed by atoms with Crippen molar-refractivity contribution in [3.8, 4) is 5.75 Å². The number of furan rings is 1. The highest BCUT2D eigenvalue weighted by Crippen LogP contribution is 2.34. The lowest BCUT2D eigenvalue weighted by Crippen LogP contribution is -1.98. The molecule has 0 aliphatic rings. The van der Waals surface area contributed by atoms with Gasteiger partial charge in [0.25, 0.3) is 0 Å². The quantitative estimate of drug-likeness (QED) is 0.636. The molecular formula is C9H7NO4. The van der Waals surface area contributed by atoms with E-state index in [1.54, 1.807) is 6.07 Å². The molecule has 14 heavy (non-hydrogen) atoms. The van der Waals surface area contributed by atoms with E-state index in [0.29, 0.717) is 0 Å². The van der Waals surface area contributed by atoms with Crippen LogP contribution in [0.5, 0.6) is 5.75 Å². The van der Waals surface area contributed by atoms with Crippen LogP contribution in [0.4, 0.5) is 5.69 Å². The second-order valence-corrected chi connectivity index (χ2v) is 2.80. The molecule has 5 nitrogen and oxygen atoms in total. The van der Waals surface area contributed by atoms with E-state index in [1.165, 1.54) is 12.1 Å². The van der Waals surface area contributed by atoms with Gasteiger partial charge in [0.15, 0.2) is 0 Å². The van der Waals surface area contributed by atoms with Crippen molar-refractivity contribution in [1.29, 1.82) is 0 Å². The summed E-state index contributed by atoms with van der Waals surface area (Å²) in [6.07, 6.45) is 0. The SMILES string of the molecule is Nc1c(C(=O)O)oc2cccc(O)c12. The van der Waals surface area contributed by atoms with Gasteiger partial charge in [0.2, 0.25) is 5.76 Å². The first-order chi connectivity index (χ1) is 6.61. The standard InChI is InChI=1S/C9H7NO4/c10-7-6-4(11)2-1-3-5(6)14-8(7)9(12)13/h1-3,11H,10H2,(H,12,13). The van der Waals surface area contributed by atoms with Crippen LogP contribution in [0.2, 0.25) is 0 Å². The minimum Gasteiger partial charge on any atom is -0.507 e. The molecule has 2 rings (SSSR count). The first-order valence-corrected chi connectivity index (χ1v) is 3.84. The summed E-state index contributed by atoms with van der Waals surface area (Å²) in [4.78, 5) is 10.6. The van der Waals surface area contributed by atoms with Crippen molar-refractivity contribution in [3.63, 3.8) is 0 Å². The summed E-state index contributed by atoms with van der Waals surface area (Å²) < 4.78 is 4.96. The molecule has 72 valence electrons. The Morgan fingerprint density at radius 2 is 2.14 bits per heavy atom. The molecule has 0 spiro atoms. The van der Waals surface area contributed by atoms with Crippen LogP contribution in [0.15, 0.2) is 22.6 Å². The fraction of sp³-hybridized carbons (Fsp3) is 0. The van der Waals surface area contributed by atoms with Gasteiger partial charge in [-0.05, 0) is 12.1 Å². The van der Waals surface area contributed by atoms with E-state index in [9.17, 15) is 9.90 Å². The van der Waals surface area contributed by atoms with Crippen molar-refractivity contribution >= 4 is 22.6 Å². The fourth-order valence-corrected chi connectivity index (χ4v) is 1.31. The van der Waals surface area contributed by atoms with Crippen LogP contribution in [-0.2, 0) is 0 Å². The minimum absolute atomic E-state index is 0.0504. The Kier molecular flexibility index (Phi) is 1.60. The lowest BCUT2D eigenvalue weighted by Gasteiger charge is -1.92. The number of carboxylic acid groups (broad SMARTS) is 1. The van der Waals surface area contributed by atoms with Crippen molar-refractivity contribution in [2.75, 3.05) is 5.73 Å². The van der Waals surface area contributed by atoms with Crippen LogP contribution in [0.1, 0.15) is 10.6 Å². The molecular weight excluding hydrogens is 186 g/mol. The second-order valence-electron chi connectivity index (χ2n) is 2.80. The van der Waals surface area contributed by atoms with Crippen molar-refractivity contribution in [2.24, 2.45) is 0 Å². The number of carbonyl (C=O) groups is 1. The van der Waals surface area contributed by atoms with Crippen LogP contribution >= 0.6 is 0 Å². The van der Waals surface area contributed by atoms with Crippen LogP contribution < -0.4 is 5.73 Å². The van der Waals surface area contributed by atoms with E-state index in [-0.39, 0.29) is 28.2 Å². The van der Waals surface area contributed by atoms with Gasteiger partial charge in [0, 0.05) is 0 Å². The maximum atomic E-state index is 10.6. The number of hydrogen-bond acceptors (Lipinski definition) is 4. The van der Waals surface area contributed by atoms with Gasteiger partial charge in [-0.15, -0.1) is 0 Å². The van der Waals surface area contributed by atoms with Gasteiger partial charge >= 0.3 is 5.97 Å². The van der Waals surface area contributed by atoms with Gasteiger partial charge in [-0.3, -0.25) is 0 Å². The topological polar surface area (TPSA) is 96.7 Å². The van der Waals surface area contributed by atoms with Crippen molar-refractivity contribution in [3.05, 3.63) is 24.0 Å². The summed E-state index contributed by atoms with van der Waals surface area (Å²) in [7, 11) is 0. The summed E-state index contributed by atoms with van der Waals surface area (Å²) in [5.74, 6) is -1.68. The molecule has 2 aromatic rings. The number of phenolic OH excluding ortho intramolecular Hbond substituents is 1. The van der Waals surface area contributed by atoms with Gasteiger partial charge in [0.05, 0.1) is 11.1 Å². The van der Waals surface area contributed by atoms with Gasteiger partial charge < -0.3 is 20.4 Å². The monoisotopic (exact) mass is 193 g/mol. The zero-order valence-corrected chi connectivity index (χ0v) is 7.02. The van der Waals surface area contributed by atoms with Crippen LogP contribution in [0.25, 0.3) is 11.0 Å². The molecule has 5 heteroatoms. The largest absolute Gasteiger partial charge is 0.507 e. The number of rotatable bonds is 1. The number of fused-ring (bicyclic) bond motifs is 1. The summed E-state index contributed by atoms with van der Waals surface area (Å²) >= 11 is 0. The molecule has 0 aliphatic heterocycles. The number of phenols is 1. The van der Waals surface area contributed by atoms with E-state index >= 15 is 0 Å². The number of aromatic carboxylic acids is 1. The van der Waals surface area contributed by atoms with Crippen LogP contribution in [0.3, 0.4) is 0 Å². The summed E-state index contributed by atoms with van der Waals surface area (Å²) in [6, 6.07) is 4.50. The zero-order valence-electron chi connectivity index (χ0n) is 7.02. The summed E-state index contributed by atoms with van der Waals surface area (Å²) in [5, 5.41) is 18.4. The third kappa shape index (κ3) is 0.990. The number of nitrogen functional groups attached to an aromatic ring is 1. The van der Waals surface area contributed by atoms with Gasteiger partial charge in [0.1, 0.15) is 11.3 Å². The maximum Gasteiger partial charge on any atom is 0.374 e. The molecule has 0 saturated heterocycles. The van der Waals surface area contributed by atoms with E-state index in [4.69, 9.17) is 15.3 Å². The van der Waals surface area contributed by atoms with Crippen molar-refractivity contribution in [1.82, 2.24) is 0 Å². The summed E-state index contributed by atoms with van der Waals surface area (Å²) in [5.41, 5.74) is 5.72. The highest BCUT2D eigenvalue weighted by Gasteiger charge is 2.19. The molecule has 0 amide bonds. The second kappa shape index (κ2) is 2.66. The fourth-order valence-electron chi connectivity index (χ4n) is 1.31. The van der Waals surface area contributed by atoms with E-state index < -0.39 is 5.97 Å². The molecule has 0 bridgehead atoms. The molecule has 0 fully saturated rings. The number of nitrogens with two attached hydrogens (primary N) is 1. The number of aromatic hydroxyl groups is 1. The number of benzene rings is 1. The Morgan fingerprint density at radius 3 is 2.71 bits per heavy atom. The molecule has 0 aliphatic carbocycles. The number of hydrogen-bond donors (Lipinski definition) is 3. The molecule has 0 saturated carbocycles. The summed E-state index contributed by atoms with van der Waals surface area (Å²) in [6.45, 7) is 0. The first kappa shape index (κ1) is 8.43. The molecule has 1 aromatic carbocycles. The molecule has 1 heterocycles. The third-order valence-corrected chi connectivity index (χ3v) is 1.92. The van der Waals surface area contributed by atoms with E-state index in [1.807, 2.05) is 0 Å². The predicted molar refractivity (Wildman–Crippen MR) is 49.3 cm³/mol. The molecule has 0 atom stereocenters. The number of carboxylic acids is 1. The Balaban J connectivity index is 2.87. The van der Waals surface area contributed by atoms with E-state index in [0.717, 1.165) is 0 Å². The Hall–Kier alpha value is -2.17. The molecule has 0 radical (unpaired) electrons. The van der Waals surface area contributed by atoms with Gasteiger partial charge in [-0.2, -0.15) is 0 Å². The average molecular weight is 193 g/mol. The third-order valence-electron chi connectivity index (χ3n) is 1.92. The minimum atomic E-state index is -1.25. The Morgan fingerprint density at radius 1 is 1.43 bits per heavy atom. The van der Waals surface area contributed by atoms with Crippen molar-refractivity contribution < 1.29 is 19.4 Å². The first-order valence-electron chi connectivity index (χ1n) is 3.84. The smallest absolute Gasteiger partial charge is 0.374 e. The zero-order chi connectivity index (χ0) is 10.3. The Labute approximate surface area is 78.4 Å². The van der Waals surface area contributed by atoms with Crippen LogP contribution in [-0.4, -0.2) is 16.2 Å².